The summed E-state index contributed by atoms with van der Waals surface area (Å²) in [4.78, 5) is 54.5. The smallest absolute Gasteiger partial charge is 0.333 e. The molecule has 1 aromatic heterocycles. The molecule has 1 aliphatic carbocycles. The maximum Gasteiger partial charge on any atom is 0.333 e. The van der Waals surface area contributed by atoms with Gasteiger partial charge in [-0.15, -0.1) is 0 Å². The first-order valence-corrected chi connectivity index (χ1v) is 16.5. The zero-order valence-electron chi connectivity index (χ0n) is 26.0. The normalized spacial score (nSPS) is 15.3. The lowest BCUT2D eigenvalue weighted by atomic mass is 10.1. The molecule has 14 heteroatoms. The second-order valence-electron chi connectivity index (χ2n) is 11.8. The fourth-order valence-corrected chi connectivity index (χ4v) is 5.93. The summed E-state index contributed by atoms with van der Waals surface area (Å²) < 4.78 is 29.9. The summed E-state index contributed by atoms with van der Waals surface area (Å²) in [5, 5.41) is 3.20. The summed E-state index contributed by atoms with van der Waals surface area (Å²) in [6.45, 7) is 3.39. The van der Waals surface area contributed by atoms with Gasteiger partial charge in [-0.1, -0.05) is 17.7 Å². The molecule has 0 saturated heterocycles. The van der Waals surface area contributed by atoms with Crippen LogP contribution < -0.4 is 26.2 Å². The summed E-state index contributed by atoms with van der Waals surface area (Å²) in [7, 11) is 0. The van der Waals surface area contributed by atoms with Gasteiger partial charge >= 0.3 is 5.69 Å². The molecule has 48 heavy (non-hydrogen) atoms. The van der Waals surface area contributed by atoms with Crippen LogP contribution in [0, 0.1) is 5.82 Å². The Hall–Kier alpha value is -4.62. The highest BCUT2D eigenvalue weighted by Gasteiger charge is 2.33. The molecule has 2 atom stereocenters. The number of hydrogen-bond acceptors (Lipinski definition) is 6. The van der Waals surface area contributed by atoms with Crippen molar-refractivity contribution in [3.63, 3.8) is 0 Å². The van der Waals surface area contributed by atoms with Gasteiger partial charge in [-0.2, -0.15) is 0 Å². The van der Waals surface area contributed by atoms with Crippen LogP contribution in [-0.2, 0) is 17.9 Å². The minimum absolute atomic E-state index is 0.0182. The molecular formula is C34H32BrClFN5O6. The Bertz CT molecular complexity index is 1980. The predicted octanol–water partition coefficient (Wildman–Crippen LogP) is 5.13. The number of aromatic nitrogens is 2. The quantitative estimate of drug-likeness (QED) is 0.231. The van der Waals surface area contributed by atoms with Crippen LogP contribution in [0.3, 0.4) is 0 Å². The van der Waals surface area contributed by atoms with Crippen molar-refractivity contribution in [1.29, 1.82) is 0 Å². The first-order valence-electron chi connectivity index (χ1n) is 15.3. The standard InChI is InChI=1S/C34H32BrClFN5O6/c1-18(25-11-10-24(16-28(25)37)47-19(2)31(38)43)39-32(44)30-29-17-40(33(45)20-3-12-26(35)27(36)15-20)13-14-41(29)34(46)42(30)21-4-6-22(7-5-21)48-23-8-9-23/h3-7,10-12,15-16,18-19,23H,8-9,13-14,17H2,1-2H3,(H2,38,43)(H,39,44)/t18-,19?/m0/s1. The third-order valence-electron chi connectivity index (χ3n) is 8.27. The second kappa shape index (κ2) is 13.5. The number of rotatable bonds is 10. The molecule has 6 rings (SSSR count). The Morgan fingerprint density at radius 1 is 1.02 bits per heavy atom. The number of primary amides is 1. The molecule has 3 aromatic carbocycles. The van der Waals surface area contributed by atoms with Crippen LogP contribution in [0.15, 0.2) is 69.9 Å². The molecule has 0 bridgehead atoms. The number of carbonyl (C=O) groups excluding carboxylic acids is 3. The zero-order chi connectivity index (χ0) is 34.3. The van der Waals surface area contributed by atoms with Gasteiger partial charge in [0, 0.05) is 34.8 Å². The number of nitrogens with two attached hydrogens (primary N) is 1. The average Bonchev–Trinajstić information content (AvgIpc) is 3.83. The zero-order valence-corrected chi connectivity index (χ0v) is 28.4. The number of amides is 3. The lowest BCUT2D eigenvalue weighted by Gasteiger charge is -2.28. The van der Waals surface area contributed by atoms with Crippen molar-refractivity contribution < 1.29 is 28.2 Å². The maximum atomic E-state index is 15.2. The van der Waals surface area contributed by atoms with Crippen molar-refractivity contribution >= 4 is 45.3 Å². The first kappa shape index (κ1) is 33.3. The van der Waals surface area contributed by atoms with Crippen LogP contribution in [0.5, 0.6) is 11.5 Å². The van der Waals surface area contributed by atoms with E-state index in [1.54, 1.807) is 54.3 Å². The highest BCUT2D eigenvalue weighted by atomic mass is 79.9. The van der Waals surface area contributed by atoms with Crippen molar-refractivity contribution in [3.8, 4) is 17.2 Å². The van der Waals surface area contributed by atoms with E-state index in [1.807, 2.05) is 0 Å². The number of carbonyl (C=O) groups is 3. The second-order valence-corrected chi connectivity index (χ2v) is 13.0. The summed E-state index contributed by atoms with van der Waals surface area (Å²) >= 11 is 9.59. The molecule has 1 saturated carbocycles. The molecule has 3 N–H and O–H groups in total. The van der Waals surface area contributed by atoms with Gasteiger partial charge in [0.25, 0.3) is 17.7 Å². The van der Waals surface area contributed by atoms with E-state index in [-0.39, 0.29) is 48.7 Å². The van der Waals surface area contributed by atoms with Crippen molar-refractivity contribution in [2.45, 2.75) is 58.0 Å². The van der Waals surface area contributed by atoms with Gasteiger partial charge in [-0.05, 0) is 91.1 Å². The number of ether oxygens (including phenoxy) is 2. The first-order chi connectivity index (χ1) is 22.9. The number of benzene rings is 3. The highest BCUT2D eigenvalue weighted by Crippen LogP contribution is 2.30. The average molecular weight is 741 g/mol. The van der Waals surface area contributed by atoms with Gasteiger partial charge in [0.2, 0.25) is 0 Å². The molecule has 3 amide bonds. The third-order valence-corrected chi connectivity index (χ3v) is 9.50. The van der Waals surface area contributed by atoms with Crippen LogP contribution >= 0.6 is 27.5 Å². The largest absolute Gasteiger partial charge is 0.490 e. The Labute approximate surface area is 288 Å². The Kier molecular flexibility index (Phi) is 9.35. The maximum absolute atomic E-state index is 15.2. The van der Waals surface area contributed by atoms with E-state index in [0.717, 1.165) is 18.9 Å². The summed E-state index contributed by atoms with van der Waals surface area (Å²) in [6.07, 6.45) is 1.19. The Morgan fingerprint density at radius 2 is 1.73 bits per heavy atom. The van der Waals surface area contributed by atoms with Crippen LogP contribution in [-0.4, -0.2) is 50.5 Å². The molecule has 1 aliphatic heterocycles. The Balaban J connectivity index is 1.33. The molecule has 2 aliphatic rings. The van der Waals surface area contributed by atoms with Gasteiger partial charge in [0.05, 0.1) is 35.1 Å². The minimum atomic E-state index is -0.966. The molecule has 1 unspecified atom stereocenters. The lowest BCUT2D eigenvalue weighted by molar-refractivity contribution is -0.124. The molecule has 0 spiro atoms. The number of fused-ring (bicyclic) bond motifs is 1. The van der Waals surface area contributed by atoms with Gasteiger partial charge in [0.1, 0.15) is 23.0 Å². The van der Waals surface area contributed by atoms with Crippen molar-refractivity contribution in [2.75, 3.05) is 6.54 Å². The molecule has 250 valence electrons. The van der Waals surface area contributed by atoms with Crippen molar-refractivity contribution in [1.82, 2.24) is 19.4 Å². The predicted molar refractivity (Wildman–Crippen MR) is 179 cm³/mol. The molecule has 0 radical (unpaired) electrons. The topological polar surface area (TPSA) is 138 Å². The number of hydrogen-bond donors (Lipinski definition) is 2. The van der Waals surface area contributed by atoms with E-state index in [4.69, 9.17) is 26.8 Å². The van der Waals surface area contributed by atoms with Gasteiger partial charge in [0.15, 0.2) is 6.10 Å². The Morgan fingerprint density at radius 3 is 2.38 bits per heavy atom. The monoisotopic (exact) mass is 739 g/mol. The van der Waals surface area contributed by atoms with Crippen LogP contribution in [0.25, 0.3) is 5.69 Å². The van der Waals surface area contributed by atoms with Crippen LogP contribution in [0.1, 0.15) is 64.8 Å². The van der Waals surface area contributed by atoms with E-state index in [2.05, 4.69) is 21.2 Å². The molecule has 2 heterocycles. The summed E-state index contributed by atoms with van der Waals surface area (Å²) in [5.74, 6) is -1.59. The van der Waals surface area contributed by atoms with Crippen molar-refractivity contribution in [2.24, 2.45) is 5.73 Å². The van der Waals surface area contributed by atoms with E-state index in [0.29, 0.717) is 32.2 Å². The summed E-state index contributed by atoms with van der Waals surface area (Å²) in [6, 6.07) is 14.9. The number of imidazole rings is 1. The van der Waals surface area contributed by atoms with Gasteiger partial charge < -0.3 is 25.4 Å². The molecule has 1 fully saturated rings. The molecule has 11 nitrogen and oxygen atoms in total. The van der Waals surface area contributed by atoms with Crippen molar-refractivity contribution in [3.05, 3.63) is 109 Å². The van der Waals surface area contributed by atoms with E-state index >= 15 is 4.39 Å². The SMILES string of the molecule is CC(Oc1ccc([C@H](C)NC(=O)c2c3n(c(=O)n2-c2ccc(OC4CC4)cc2)CCN(C(=O)c2ccc(Br)c(Cl)c2)C3)c(F)c1)C(N)=O. The fourth-order valence-electron chi connectivity index (χ4n) is 5.51. The van der Waals surface area contributed by atoms with E-state index in [9.17, 15) is 19.2 Å². The minimum Gasteiger partial charge on any atom is -0.490 e. The lowest BCUT2D eigenvalue weighted by Crippen LogP contribution is -2.41. The summed E-state index contributed by atoms with van der Waals surface area (Å²) in [5.41, 5.74) is 6.07. The van der Waals surface area contributed by atoms with E-state index in [1.165, 1.54) is 28.2 Å². The van der Waals surface area contributed by atoms with Gasteiger partial charge in [-0.25, -0.2) is 9.18 Å². The highest BCUT2D eigenvalue weighted by molar-refractivity contribution is 9.10. The third kappa shape index (κ3) is 6.83. The number of halogens is 3. The fraction of sp³-hybridized carbons (Fsp3) is 0.294. The van der Waals surface area contributed by atoms with Gasteiger partial charge in [-0.3, -0.25) is 23.5 Å². The van der Waals surface area contributed by atoms with Crippen LogP contribution in [0.2, 0.25) is 5.02 Å². The van der Waals surface area contributed by atoms with Crippen LogP contribution in [0.4, 0.5) is 4.39 Å². The molecule has 4 aromatic rings. The number of nitrogens with one attached hydrogen (secondary N) is 1. The molecular weight excluding hydrogens is 709 g/mol. The number of nitrogens with zero attached hydrogens (tertiary/aromatic N) is 3. The van der Waals surface area contributed by atoms with E-state index < -0.39 is 35.5 Å².